The number of methoxy groups -OCH3 is 1. The molecule has 164 valence electrons. The van der Waals surface area contributed by atoms with E-state index in [-0.39, 0.29) is 24.0 Å². The van der Waals surface area contributed by atoms with Crippen LogP contribution in [0.5, 0.6) is 11.5 Å². The van der Waals surface area contributed by atoms with Gasteiger partial charge in [-0.05, 0) is 31.2 Å². The Morgan fingerprint density at radius 1 is 1.10 bits per heavy atom. The van der Waals surface area contributed by atoms with E-state index < -0.39 is 0 Å². The van der Waals surface area contributed by atoms with Crippen LogP contribution in [0.1, 0.15) is 13.3 Å². The number of nitrogens with zero attached hydrogens (tertiary/aromatic N) is 4. The van der Waals surface area contributed by atoms with Crippen molar-refractivity contribution in [3.8, 4) is 11.5 Å². The lowest BCUT2D eigenvalue weighted by Crippen LogP contribution is -2.52. The van der Waals surface area contributed by atoms with E-state index in [4.69, 9.17) is 14.5 Å². The molecule has 0 atom stereocenters. The van der Waals surface area contributed by atoms with Crippen LogP contribution < -0.4 is 19.7 Å². The van der Waals surface area contributed by atoms with Crippen LogP contribution in [0.2, 0.25) is 0 Å². The molecule has 8 heteroatoms. The summed E-state index contributed by atoms with van der Waals surface area (Å²) in [5, 5.41) is 3.42. The molecular weight excluding hydrogens is 493 g/mol. The van der Waals surface area contributed by atoms with Crippen LogP contribution in [0.4, 0.5) is 5.82 Å². The monoisotopic (exact) mass is 525 g/mol. The van der Waals surface area contributed by atoms with E-state index in [2.05, 4.69) is 33.1 Å². The lowest BCUT2D eigenvalue weighted by Gasteiger charge is -2.37. The number of nitrogens with one attached hydrogen (secondary N) is 1. The molecule has 30 heavy (non-hydrogen) atoms. The van der Waals surface area contributed by atoms with Crippen molar-refractivity contribution in [1.29, 1.82) is 0 Å². The molecule has 0 radical (unpaired) electrons. The summed E-state index contributed by atoms with van der Waals surface area (Å²) < 4.78 is 11.0. The van der Waals surface area contributed by atoms with Crippen molar-refractivity contribution in [1.82, 2.24) is 15.2 Å². The zero-order valence-corrected chi connectivity index (χ0v) is 20.1. The van der Waals surface area contributed by atoms with Crippen molar-refractivity contribution < 1.29 is 9.47 Å². The van der Waals surface area contributed by atoms with Gasteiger partial charge in [-0.15, -0.1) is 24.0 Å². The van der Waals surface area contributed by atoms with Gasteiger partial charge in [-0.3, -0.25) is 4.99 Å². The van der Waals surface area contributed by atoms with E-state index in [1.54, 1.807) is 7.11 Å². The third-order valence-corrected chi connectivity index (χ3v) is 4.76. The standard InChI is InChI=1S/C22H31N5O2.HI/c1-3-23-22(25-12-7-17-29-20-9-6-8-19(18-20)28-2)27-15-13-26(14-16-27)21-10-4-5-11-24-21;/h4-6,8-11,18H,3,7,12-17H2,1-2H3,(H,23,25);1H. The van der Waals surface area contributed by atoms with Gasteiger partial charge in [-0.1, -0.05) is 12.1 Å². The van der Waals surface area contributed by atoms with Gasteiger partial charge in [0.2, 0.25) is 0 Å². The lowest BCUT2D eigenvalue weighted by molar-refractivity contribution is 0.310. The average Bonchev–Trinajstić information content (AvgIpc) is 2.79. The molecule has 0 aliphatic carbocycles. The molecule has 1 aromatic carbocycles. The number of benzene rings is 1. The Balaban J connectivity index is 0.00000320. The molecule has 1 aliphatic rings. The van der Waals surface area contributed by atoms with Crippen molar-refractivity contribution in [2.75, 3.05) is 57.9 Å². The summed E-state index contributed by atoms with van der Waals surface area (Å²) in [5.41, 5.74) is 0. The molecular formula is C22H32IN5O2. The zero-order chi connectivity index (χ0) is 20.3. The fourth-order valence-electron chi connectivity index (χ4n) is 3.24. The van der Waals surface area contributed by atoms with Gasteiger partial charge in [0, 0.05) is 58.0 Å². The van der Waals surface area contributed by atoms with Crippen molar-refractivity contribution in [2.24, 2.45) is 4.99 Å². The summed E-state index contributed by atoms with van der Waals surface area (Å²) in [4.78, 5) is 13.9. The highest BCUT2D eigenvalue weighted by Gasteiger charge is 2.20. The Hall–Kier alpha value is -2.23. The highest BCUT2D eigenvalue weighted by molar-refractivity contribution is 14.0. The first-order chi connectivity index (χ1) is 14.3. The topological polar surface area (TPSA) is 62.2 Å². The summed E-state index contributed by atoms with van der Waals surface area (Å²) in [6.45, 7) is 8.08. The summed E-state index contributed by atoms with van der Waals surface area (Å²) in [6, 6.07) is 13.7. The van der Waals surface area contributed by atoms with Crippen molar-refractivity contribution in [3.63, 3.8) is 0 Å². The van der Waals surface area contributed by atoms with Gasteiger partial charge >= 0.3 is 0 Å². The Bertz CT molecular complexity index is 767. The molecule has 1 fully saturated rings. The van der Waals surface area contributed by atoms with E-state index >= 15 is 0 Å². The summed E-state index contributed by atoms with van der Waals surface area (Å²) in [7, 11) is 1.66. The number of anilines is 1. The second-order valence-corrected chi connectivity index (χ2v) is 6.78. The molecule has 1 aromatic heterocycles. The first-order valence-electron chi connectivity index (χ1n) is 10.3. The first-order valence-corrected chi connectivity index (χ1v) is 10.3. The van der Waals surface area contributed by atoms with Gasteiger partial charge in [0.15, 0.2) is 5.96 Å². The van der Waals surface area contributed by atoms with E-state index in [0.717, 1.165) is 69.0 Å². The van der Waals surface area contributed by atoms with Crippen LogP contribution in [0.15, 0.2) is 53.7 Å². The third kappa shape index (κ3) is 7.23. The number of piperazine rings is 1. The van der Waals surface area contributed by atoms with E-state index in [1.807, 2.05) is 42.6 Å². The van der Waals surface area contributed by atoms with Gasteiger partial charge in [-0.25, -0.2) is 4.98 Å². The number of pyridine rings is 1. The van der Waals surface area contributed by atoms with Crippen LogP contribution >= 0.6 is 24.0 Å². The maximum atomic E-state index is 5.80. The Kier molecular flexibility index (Phi) is 10.5. The number of aromatic nitrogens is 1. The van der Waals surface area contributed by atoms with Gasteiger partial charge in [0.1, 0.15) is 17.3 Å². The van der Waals surface area contributed by atoms with Gasteiger partial charge in [-0.2, -0.15) is 0 Å². The van der Waals surface area contributed by atoms with Crippen molar-refractivity contribution in [3.05, 3.63) is 48.7 Å². The number of hydrogen-bond donors (Lipinski definition) is 1. The van der Waals surface area contributed by atoms with E-state index in [1.165, 1.54) is 0 Å². The number of rotatable bonds is 8. The fourth-order valence-corrected chi connectivity index (χ4v) is 3.24. The third-order valence-electron chi connectivity index (χ3n) is 4.76. The largest absolute Gasteiger partial charge is 0.497 e. The zero-order valence-electron chi connectivity index (χ0n) is 17.8. The van der Waals surface area contributed by atoms with Gasteiger partial charge < -0.3 is 24.6 Å². The van der Waals surface area contributed by atoms with E-state index in [9.17, 15) is 0 Å². The lowest BCUT2D eigenvalue weighted by atomic mass is 10.3. The molecule has 1 N–H and O–H groups in total. The highest BCUT2D eigenvalue weighted by Crippen LogP contribution is 2.19. The van der Waals surface area contributed by atoms with Crippen LogP contribution in [0.25, 0.3) is 0 Å². The predicted octanol–water partition coefficient (Wildman–Crippen LogP) is 3.26. The van der Waals surface area contributed by atoms with E-state index in [0.29, 0.717) is 6.61 Å². The quantitative estimate of drug-likeness (QED) is 0.247. The minimum Gasteiger partial charge on any atom is -0.497 e. The maximum absolute atomic E-state index is 5.80. The number of halogens is 1. The second kappa shape index (κ2) is 13.1. The normalized spacial score (nSPS) is 14.1. The molecule has 0 saturated carbocycles. The number of guanidine groups is 1. The highest BCUT2D eigenvalue weighted by atomic mass is 127. The van der Waals surface area contributed by atoms with Crippen molar-refractivity contribution >= 4 is 35.8 Å². The maximum Gasteiger partial charge on any atom is 0.194 e. The Morgan fingerprint density at radius 2 is 1.90 bits per heavy atom. The Labute approximate surface area is 196 Å². The average molecular weight is 525 g/mol. The fraction of sp³-hybridized carbons (Fsp3) is 0.455. The number of aliphatic imine (C=N–C) groups is 1. The number of ether oxygens (including phenoxy) is 2. The summed E-state index contributed by atoms with van der Waals surface area (Å²) in [5.74, 6) is 3.66. The smallest absolute Gasteiger partial charge is 0.194 e. The van der Waals surface area contributed by atoms with Gasteiger partial charge in [0.05, 0.1) is 13.7 Å². The molecule has 0 spiro atoms. The molecule has 2 aromatic rings. The second-order valence-electron chi connectivity index (χ2n) is 6.78. The van der Waals surface area contributed by atoms with Crippen LogP contribution in [-0.2, 0) is 0 Å². The predicted molar refractivity (Wildman–Crippen MR) is 133 cm³/mol. The van der Waals surface area contributed by atoms with Crippen LogP contribution in [-0.4, -0.2) is 68.8 Å². The molecule has 7 nitrogen and oxygen atoms in total. The molecule has 0 amide bonds. The molecule has 1 aliphatic heterocycles. The SMILES string of the molecule is CCNC(=NCCCOc1cccc(OC)c1)N1CCN(c2ccccn2)CC1.I. The minimum absolute atomic E-state index is 0. The summed E-state index contributed by atoms with van der Waals surface area (Å²) in [6.07, 6.45) is 2.71. The van der Waals surface area contributed by atoms with Crippen LogP contribution in [0, 0.1) is 0 Å². The molecule has 3 rings (SSSR count). The molecule has 0 bridgehead atoms. The molecule has 1 saturated heterocycles. The molecule has 2 heterocycles. The Morgan fingerprint density at radius 3 is 2.60 bits per heavy atom. The summed E-state index contributed by atoms with van der Waals surface area (Å²) >= 11 is 0. The number of hydrogen-bond acceptors (Lipinski definition) is 5. The molecule has 0 unspecified atom stereocenters. The first kappa shape index (κ1) is 24.0. The van der Waals surface area contributed by atoms with Crippen LogP contribution in [0.3, 0.4) is 0 Å². The van der Waals surface area contributed by atoms with Crippen molar-refractivity contribution in [2.45, 2.75) is 13.3 Å². The minimum atomic E-state index is 0. The van der Waals surface area contributed by atoms with Gasteiger partial charge in [0.25, 0.3) is 0 Å².